The number of likely N-dealkylation sites (N-methyl/N-ethyl adjacent to an activating group) is 1. The molecular formula is C18H21NO2. The van der Waals surface area contributed by atoms with Crippen LogP contribution in [-0.4, -0.2) is 19.6 Å². The van der Waals surface area contributed by atoms with Crippen LogP contribution in [0.1, 0.15) is 25.3 Å². The number of nitrogens with zero attached hydrogens (tertiary/aromatic N) is 1. The zero-order valence-electron chi connectivity index (χ0n) is 12.7. The predicted molar refractivity (Wildman–Crippen MR) is 85.9 cm³/mol. The molecule has 0 N–H and O–H groups in total. The fourth-order valence-electron chi connectivity index (χ4n) is 2.00. The first kappa shape index (κ1) is 15.1. The van der Waals surface area contributed by atoms with Crippen LogP contribution in [0.4, 0.5) is 5.69 Å². The number of benzene rings is 2. The summed E-state index contributed by atoms with van der Waals surface area (Å²) in [6.45, 7) is 4.30. The maximum Gasteiger partial charge on any atom is 0.264 e. The second-order valence-corrected chi connectivity index (χ2v) is 5.30. The monoisotopic (exact) mass is 283 g/mol. The van der Waals surface area contributed by atoms with Gasteiger partial charge < -0.3 is 9.64 Å². The molecule has 1 amide bonds. The van der Waals surface area contributed by atoms with E-state index in [-0.39, 0.29) is 12.5 Å². The first-order valence-corrected chi connectivity index (χ1v) is 7.12. The van der Waals surface area contributed by atoms with Crippen LogP contribution in [0.3, 0.4) is 0 Å². The van der Waals surface area contributed by atoms with E-state index in [1.807, 2.05) is 48.5 Å². The van der Waals surface area contributed by atoms with E-state index in [0.29, 0.717) is 5.92 Å². The summed E-state index contributed by atoms with van der Waals surface area (Å²) in [5.41, 5.74) is 2.07. The minimum absolute atomic E-state index is 0.0347. The van der Waals surface area contributed by atoms with Crippen molar-refractivity contribution in [2.75, 3.05) is 18.6 Å². The van der Waals surface area contributed by atoms with Crippen molar-refractivity contribution in [3.8, 4) is 5.75 Å². The SMILES string of the molecule is CC(C)c1cccc(OCC(=O)N(C)c2ccccc2)c1. The third kappa shape index (κ3) is 4.09. The highest BCUT2D eigenvalue weighted by molar-refractivity contribution is 5.93. The lowest BCUT2D eigenvalue weighted by molar-refractivity contribution is -0.120. The van der Waals surface area contributed by atoms with Crippen LogP contribution >= 0.6 is 0 Å². The van der Waals surface area contributed by atoms with Crippen molar-refractivity contribution in [3.63, 3.8) is 0 Å². The van der Waals surface area contributed by atoms with Gasteiger partial charge in [0.05, 0.1) is 0 Å². The van der Waals surface area contributed by atoms with Crippen molar-refractivity contribution < 1.29 is 9.53 Å². The number of carbonyl (C=O) groups is 1. The third-order valence-corrected chi connectivity index (χ3v) is 3.40. The molecule has 0 aliphatic carbocycles. The van der Waals surface area contributed by atoms with E-state index in [1.165, 1.54) is 5.56 Å². The Morgan fingerprint density at radius 1 is 1.10 bits per heavy atom. The average molecular weight is 283 g/mol. The van der Waals surface area contributed by atoms with E-state index < -0.39 is 0 Å². The lowest BCUT2D eigenvalue weighted by Crippen LogP contribution is -2.31. The van der Waals surface area contributed by atoms with Gasteiger partial charge in [-0.3, -0.25) is 4.79 Å². The maximum atomic E-state index is 12.1. The van der Waals surface area contributed by atoms with E-state index in [9.17, 15) is 4.79 Å². The number of hydrogen-bond acceptors (Lipinski definition) is 2. The lowest BCUT2D eigenvalue weighted by Gasteiger charge is -2.17. The molecule has 0 aromatic heterocycles. The van der Waals surface area contributed by atoms with Crippen LogP contribution < -0.4 is 9.64 Å². The third-order valence-electron chi connectivity index (χ3n) is 3.40. The Hall–Kier alpha value is -2.29. The molecule has 0 saturated heterocycles. The first-order valence-electron chi connectivity index (χ1n) is 7.12. The van der Waals surface area contributed by atoms with Crippen molar-refractivity contribution in [3.05, 3.63) is 60.2 Å². The summed E-state index contributed by atoms with van der Waals surface area (Å²) in [6, 6.07) is 17.4. The molecule has 2 aromatic rings. The first-order chi connectivity index (χ1) is 10.1. The fourth-order valence-corrected chi connectivity index (χ4v) is 2.00. The molecule has 0 fully saturated rings. The van der Waals surface area contributed by atoms with Gasteiger partial charge in [-0.15, -0.1) is 0 Å². The lowest BCUT2D eigenvalue weighted by atomic mass is 10.0. The molecule has 3 heteroatoms. The molecule has 0 spiro atoms. The number of amides is 1. The van der Waals surface area contributed by atoms with Crippen molar-refractivity contribution in [2.45, 2.75) is 19.8 Å². The van der Waals surface area contributed by atoms with Gasteiger partial charge >= 0.3 is 0 Å². The molecule has 110 valence electrons. The summed E-state index contributed by atoms with van der Waals surface area (Å²) in [7, 11) is 1.76. The highest BCUT2D eigenvalue weighted by Crippen LogP contribution is 2.20. The molecule has 21 heavy (non-hydrogen) atoms. The Morgan fingerprint density at radius 2 is 1.81 bits per heavy atom. The molecule has 0 heterocycles. The van der Waals surface area contributed by atoms with Crippen molar-refractivity contribution in [1.29, 1.82) is 0 Å². The van der Waals surface area contributed by atoms with Gasteiger partial charge in [0.1, 0.15) is 5.75 Å². The summed E-state index contributed by atoms with van der Waals surface area (Å²) in [6.07, 6.45) is 0. The predicted octanol–water partition coefficient (Wildman–Crippen LogP) is 3.85. The summed E-state index contributed by atoms with van der Waals surface area (Å²) in [5, 5.41) is 0. The Labute approximate surface area is 126 Å². The van der Waals surface area contributed by atoms with Crippen LogP contribution in [0, 0.1) is 0 Å². The largest absolute Gasteiger partial charge is 0.484 e. The van der Waals surface area contributed by atoms with Crippen molar-refractivity contribution in [1.82, 2.24) is 0 Å². The average Bonchev–Trinajstić information content (AvgIpc) is 2.53. The van der Waals surface area contributed by atoms with Gasteiger partial charge in [0, 0.05) is 12.7 Å². The zero-order valence-corrected chi connectivity index (χ0v) is 12.7. The highest BCUT2D eigenvalue weighted by Gasteiger charge is 2.11. The van der Waals surface area contributed by atoms with E-state index in [1.54, 1.807) is 11.9 Å². The van der Waals surface area contributed by atoms with E-state index in [0.717, 1.165) is 11.4 Å². The van der Waals surface area contributed by atoms with Gasteiger partial charge in [-0.1, -0.05) is 44.2 Å². The zero-order chi connectivity index (χ0) is 15.2. The highest BCUT2D eigenvalue weighted by atomic mass is 16.5. The smallest absolute Gasteiger partial charge is 0.264 e. The molecule has 0 bridgehead atoms. The summed E-state index contributed by atoms with van der Waals surface area (Å²) in [4.78, 5) is 13.7. The van der Waals surface area contributed by atoms with Crippen molar-refractivity contribution >= 4 is 11.6 Å². The van der Waals surface area contributed by atoms with Gasteiger partial charge in [0.25, 0.3) is 5.91 Å². The van der Waals surface area contributed by atoms with Gasteiger partial charge in [-0.25, -0.2) is 0 Å². The molecule has 2 aromatic carbocycles. The standard InChI is InChI=1S/C18H21NO2/c1-14(2)15-8-7-11-17(12-15)21-13-18(20)19(3)16-9-5-4-6-10-16/h4-12,14H,13H2,1-3H3. The molecule has 2 rings (SSSR count). The normalized spacial score (nSPS) is 10.5. The molecule has 0 unspecified atom stereocenters. The molecular weight excluding hydrogens is 262 g/mol. The molecule has 0 atom stereocenters. The van der Waals surface area contributed by atoms with Crippen LogP contribution in [0.2, 0.25) is 0 Å². The Bertz CT molecular complexity index is 593. The van der Waals surface area contributed by atoms with Crippen LogP contribution in [0.5, 0.6) is 5.75 Å². The Kier molecular flexibility index (Phi) is 4.99. The molecule has 0 saturated carbocycles. The number of hydrogen-bond donors (Lipinski definition) is 0. The minimum atomic E-state index is -0.0730. The Balaban J connectivity index is 1.96. The molecule has 0 radical (unpaired) electrons. The second-order valence-electron chi connectivity index (χ2n) is 5.30. The summed E-state index contributed by atoms with van der Waals surface area (Å²) in [5.74, 6) is 1.10. The van der Waals surface area contributed by atoms with Gasteiger partial charge in [-0.05, 0) is 35.7 Å². The van der Waals surface area contributed by atoms with E-state index >= 15 is 0 Å². The Morgan fingerprint density at radius 3 is 2.48 bits per heavy atom. The summed E-state index contributed by atoms with van der Waals surface area (Å²) < 4.78 is 5.61. The second kappa shape index (κ2) is 6.93. The quantitative estimate of drug-likeness (QED) is 0.834. The van der Waals surface area contributed by atoms with E-state index in [4.69, 9.17) is 4.74 Å². The van der Waals surface area contributed by atoms with Crippen LogP contribution in [0.25, 0.3) is 0 Å². The number of ether oxygens (including phenoxy) is 1. The van der Waals surface area contributed by atoms with Crippen molar-refractivity contribution in [2.24, 2.45) is 0 Å². The molecule has 3 nitrogen and oxygen atoms in total. The number of carbonyl (C=O) groups excluding carboxylic acids is 1. The summed E-state index contributed by atoms with van der Waals surface area (Å²) >= 11 is 0. The maximum absolute atomic E-state index is 12.1. The van der Waals surface area contributed by atoms with Gasteiger partial charge in [0.15, 0.2) is 6.61 Å². The molecule has 0 aliphatic heterocycles. The van der Waals surface area contributed by atoms with Gasteiger partial charge in [0.2, 0.25) is 0 Å². The number of para-hydroxylation sites is 1. The molecule has 0 aliphatic rings. The van der Waals surface area contributed by atoms with Crippen LogP contribution in [-0.2, 0) is 4.79 Å². The number of rotatable bonds is 5. The van der Waals surface area contributed by atoms with Gasteiger partial charge in [-0.2, -0.15) is 0 Å². The van der Waals surface area contributed by atoms with Crippen LogP contribution in [0.15, 0.2) is 54.6 Å². The van der Waals surface area contributed by atoms with E-state index in [2.05, 4.69) is 19.9 Å². The minimum Gasteiger partial charge on any atom is -0.484 e. The fraction of sp³-hybridized carbons (Fsp3) is 0.278. The topological polar surface area (TPSA) is 29.5 Å². The number of anilines is 1.